The fourth-order valence-corrected chi connectivity index (χ4v) is 1.87. The van der Waals surface area contributed by atoms with Gasteiger partial charge < -0.3 is 10.1 Å². The Morgan fingerprint density at radius 3 is 2.57 bits per heavy atom. The summed E-state index contributed by atoms with van der Waals surface area (Å²) in [5.41, 5.74) is 1.93. The minimum absolute atomic E-state index is 0.0315. The number of halogens is 1. The molecule has 2 aromatic rings. The number of para-hydroxylation sites is 1. The lowest BCUT2D eigenvalue weighted by molar-refractivity contribution is 0.416. The molecule has 1 aromatic carbocycles. The summed E-state index contributed by atoms with van der Waals surface area (Å²) in [5, 5.41) is 3.41. The van der Waals surface area contributed by atoms with Crippen LogP contribution in [0.15, 0.2) is 36.4 Å². The van der Waals surface area contributed by atoms with Gasteiger partial charge in [0.05, 0.1) is 0 Å². The summed E-state index contributed by atoms with van der Waals surface area (Å²) in [4.78, 5) is 4.30. The number of aryl methyl sites for hydroxylation is 1. The van der Waals surface area contributed by atoms with E-state index in [1.807, 2.05) is 19.1 Å². The average Bonchev–Trinajstić information content (AvgIpc) is 2.38. The number of nitrogens with zero attached hydrogens (tertiary/aromatic N) is 1. The van der Waals surface area contributed by atoms with Gasteiger partial charge >= 0.3 is 0 Å². The second-order valence-corrected chi connectivity index (χ2v) is 6.09. The van der Waals surface area contributed by atoms with E-state index in [4.69, 9.17) is 4.74 Å². The van der Waals surface area contributed by atoms with Crippen molar-refractivity contribution in [2.24, 2.45) is 0 Å². The lowest BCUT2D eigenvalue weighted by atomic mass is 10.1. The predicted molar refractivity (Wildman–Crippen MR) is 82.0 cm³/mol. The molecule has 0 aliphatic carbocycles. The molecule has 2 rings (SSSR count). The molecule has 21 heavy (non-hydrogen) atoms. The summed E-state index contributed by atoms with van der Waals surface area (Å²) < 4.78 is 19.2. The van der Waals surface area contributed by atoms with Crippen molar-refractivity contribution in [3.05, 3.63) is 53.5 Å². The van der Waals surface area contributed by atoms with Crippen LogP contribution in [0.25, 0.3) is 0 Å². The molecule has 1 heterocycles. The van der Waals surface area contributed by atoms with Crippen LogP contribution in [0.3, 0.4) is 0 Å². The van der Waals surface area contributed by atoms with E-state index in [0.717, 1.165) is 11.3 Å². The van der Waals surface area contributed by atoms with Crippen molar-refractivity contribution in [1.82, 2.24) is 10.3 Å². The molecule has 0 aliphatic rings. The largest absolute Gasteiger partial charge is 0.436 e. The molecule has 0 amide bonds. The topological polar surface area (TPSA) is 34.1 Å². The Balaban J connectivity index is 2.17. The number of benzene rings is 1. The zero-order valence-corrected chi connectivity index (χ0v) is 12.9. The summed E-state index contributed by atoms with van der Waals surface area (Å²) in [6.45, 7) is 8.93. The van der Waals surface area contributed by atoms with Crippen LogP contribution < -0.4 is 10.1 Å². The summed E-state index contributed by atoms with van der Waals surface area (Å²) in [5.74, 6) is 0.200. The third-order valence-electron chi connectivity index (χ3n) is 2.86. The van der Waals surface area contributed by atoms with Gasteiger partial charge in [0.25, 0.3) is 0 Å². The van der Waals surface area contributed by atoms with Crippen LogP contribution in [0.4, 0.5) is 4.39 Å². The maximum absolute atomic E-state index is 13.6. The lowest BCUT2D eigenvalue weighted by Crippen LogP contribution is -2.35. The predicted octanol–water partition coefficient (Wildman–Crippen LogP) is 4.21. The second kappa shape index (κ2) is 6.22. The van der Waals surface area contributed by atoms with Gasteiger partial charge in [-0.25, -0.2) is 9.37 Å². The number of aromatic nitrogens is 1. The Morgan fingerprint density at radius 1 is 1.19 bits per heavy atom. The summed E-state index contributed by atoms with van der Waals surface area (Å²) in [7, 11) is 0. The van der Waals surface area contributed by atoms with Gasteiger partial charge in [0.15, 0.2) is 11.6 Å². The first kappa shape index (κ1) is 15.4. The highest BCUT2D eigenvalue weighted by Crippen LogP contribution is 2.23. The quantitative estimate of drug-likeness (QED) is 0.915. The van der Waals surface area contributed by atoms with Gasteiger partial charge in [-0.1, -0.05) is 12.1 Å². The zero-order chi connectivity index (χ0) is 15.5. The summed E-state index contributed by atoms with van der Waals surface area (Å²) in [6.07, 6.45) is 0. The van der Waals surface area contributed by atoms with Crippen LogP contribution in [-0.4, -0.2) is 10.5 Å². The third kappa shape index (κ3) is 4.83. The van der Waals surface area contributed by atoms with Crippen molar-refractivity contribution >= 4 is 0 Å². The number of ether oxygens (including phenoxy) is 1. The summed E-state index contributed by atoms with van der Waals surface area (Å²) in [6, 6.07) is 10.1. The maximum atomic E-state index is 13.6. The van der Waals surface area contributed by atoms with Crippen molar-refractivity contribution in [3.8, 4) is 11.6 Å². The molecule has 4 heteroatoms. The highest BCUT2D eigenvalue weighted by Gasteiger charge is 2.10. The molecule has 3 nitrogen and oxygen atoms in total. The molecule has 0 saturated heterocycles. The van der Waals surface area contributed by atoms with E-state index in [-0.39, 0.29) is 11.3 Å². The van der Waals surface area contributed by atoms with Crippen LogP contribution in [0.1, 0.15) is 32.0 Å². The fourth-order valence-electron chi connectivity index (χ4n) is 1.87. The highest BCUT2D eigenvalue weighted by atomic mass is 19.1. The van der Waals surface area contributed by atoms with E-state index in [1.165, 1.54) is 6.07 Å². The SMILES string of the molecule is Cc1cc(CNC(C)(C)C)cc(Oc2ccccc2F)n1. The Labute approximate surface area is 125 Å². The number of pyridine rings is 1. The van der Waals surface area contributed by atoms with Crippen molar-refractivity contribution in [3.63, 3.8) is 0 Å². The van der Waals surface area contributed by atoms with E-state index in [2.05, 4.69) is 31.1 Å². The highest BCUT2D eigenvalue weighted by molar-refractivity contribution is 5.31. The lowest BCUT2D eigenvalue weighted by Gasteiger charge is -2.20. The average molecular weight is 288 g/mol. The Hall–Kier alpha value is -1.94. The molecule has 0 atom stereocenters. The molecule has 0 fully saturated rings. The van der Waals surface area contributed by atoms with Gasteiger partial charge in [0.2, 0.25) is 5.88 Å². The van der Waals surface area contributed by atoms with Crippen LogP contribution in [0.2, 0.25) is 0 Å². The maximum Gasteiger partial charge on any atom is 0.219 e. The van der Waals surface area contributed by atoms with Crippen LogP contribution in [-0.2, 0) is 6.54 Å². The second-order valence-electron chi connectivity index (χ2n) is 6.09. The standard InChI is InChI=1S/C17H21FN2O/c1-12-9-13(11-19-17(2,3)4)10-16(20-12)21-15-8-6-5-7-14(15)18/h5-10,19H,11H2,1-4H3. The molecule has 112 valence electrons. The normalized spacial score (nSPS) is 11.5. The van der Waals surface area contributed by atoms with Crippen molar-refractivity contribution in [2.45, 2.75) is 39.8 Å². The van der Waals surface area contributed by atoms with Gasteiger partial charge in [0, 0.05) is 23.8 Å². The molecular formula is C17H21FN2O. The molecule has 0 bridgehead atoms. The number of hydrogen-bond acceptors (Lipinski definition) is 3. The molecular weight excluding hydrogens is 267 g/mol. The van der Waals surface area contributed by atoms with E-state index < -0.39 is 5.82 Å². The molecule has 0 spiro atoms. The smallest absolute Gasteiger partial charge is 0.219 e. The summed E-state index contributed by atoms with van der Waals surface area (Å²) >= 11 is 0. The Bertz CT molecular complexity index is 620. The first-order valence-corrected chi connectivity index (χ1v) is 6.98. The molecule has 0 unspecified atom stereocenters. The minimum Gasteiger partial charge on any atom is -0.436 e. The van der Waals surface area contributed by atoms with Gasteiger partial charge in [0.1, 0.15) is 0 Å². The van der Waals surface area contributed by atoms with Crippen LogP contribution in [0.5, 0.6) is 11.6 Å². The van der Waals surface area contributed by atoms with E-state index >= 15 is 0 Å². The molecule has 0 saturated carbocycles. The van der Waals surface area contributed by atoms with Crippen LogP contribution >= 0.6 is 0 Å². The number of hydrogen-bond donors (Lipinski definition) is 1. The molecule has 0 radical (unpaired) electrons. The van der Waals surface area contributed by atoms with Gasteiger partial charge in [-0.3, -0.25) is 0 Å². The van der Waals surface area contributed by atoms with Crippen LogP contribution in [0, 0.1) is 12.7 Å². The zero-order valence-electron chi connectivity index (χ0n) is 12.9. The van der Waals surface area contributed by atoms with E-state index in [0.29, 0.717) is 12.4 Å². The monoisotopic (exact) mass is 288 g/mol. The molecule has 0 aliphatic heterocycles. The molecule has 1 N–H and O–H groups in total. The Kier molecular flexibility index (Phi) is 4.58. The molecule has 1 aromatic heterocycles. The van der Waals surface area contributed by atoms with Crippen molar-refractivity contribution in [2.75, 3.05) is 0 Å². The Morgan fingerprint density at radius 2 is 1.90 bits per heavy atom. The van der Waals surface area contributed by atoms with E-state index in [9.17, 15) is 4.39 Å². The fraction of sp³-hybridized carbons (Fsp3) is 0.353. The van der Waals surface area contributed by atoms with Crippen molar-refractivity contribution < 1.29 is 9.13 Å². The van der Waals surface area contributed by atoms with E-state index in [1.54, 1.807) is 18.2 Å². The number of rotatable bonds is 4. The minimum atomic E-state index is -0.393. The third-order valence-corrected chi connectivity index (χ3v) is 2.86. The first-order chi connectivity index (χ1) is 9.83. The van der Waals surface area contributed by atoms with Gasteiger partial charge in [-0.2, -0.15) is 0 Å². The van der Waals surface area contributed by atoms with Gasteiger partial charge in [-0.05, 0) is 51.5 Å². The van der Waals surface area contributed by atoms with Gasteiger partial charge in [-0.15, -0.1) is 0 Å². The number of nitrogens with one attached hydrogen (secondary N) is 1. The first-order valence-electron chi connectivity index (χ1n) is 6.98. The van der Waals surface area contributed by atoms with Crippen molar-refractivity contribution in [1.29, 1.82) is 0 Å².